The normalized spacial score (nSPS) is 10.4. The second-order valence-electron chi connectivity index (χ2n) is 7.19. The summed E-state index contributed by atoms with van der Waals surface area (Å²) in [7, 11) is 0. The van der Waals surface area contributed by atoms with Crippen molar-refractivity contribution in [3.63, 3.8) is 0 Å². The first kappa shape index (κ1) is 22.5. The van der Waals surface area contributed by atoms with Gasteiger partial charge in [-0.2, -0.15) is 6.42 Å². The standard InChI is InChI=1S/C26H24N3.Y/c1-2-5-20-9-11-21(12-10-20)16-22-6-3-7-23(17-22)18-26-28-15-13-25(29-26)24-8-4-14-27-19-24;/h3-4,6-15,17,19H,1-2,5,16,18H2;/q-1;. The van der Waals surface area contributed by atoms with Gasteiger partial charge in [0.05, 0.1) is 5.69 Å². The predicted molar refractivity (Wildman–Crippen MR) is 117 cm³/mol. The summed E-state index contributed by atoms with van der Waals surface area (Å²) < 4.78 is 0. The van der Waals surface area contributed by atoms with Crippen molar-refractivity contribution >= 4 is 0 Å². The second-order valence-corrected chi connectivity index (χ2v) is 7.19. The molecule has 30 heavy (non-hydrogen) atoms. The molecule has 0 unspecified atom stereocenters. The Morgan fingerprint density at radius 3 is 2.23 bits per heavy atom. The van der Waals surface area contributed by atoms with Crippen LogP contribution in [0, 0.1) is 6.92 Å². The average Bonchev–Trinajstić information content (AvgIpc) is 2.76. The fourth-order valence-corrected chi connectivity index (χ4v) is 3.46. The molecule has 0 spiro atoms. The summed E-state index contributed by atoms with van der Waals surface area (Å²) in [6.45, 7) is 3.92. The Morgan fingerprint density at radius 2 is 1.50 bits per heavy atom. The molecule has 1 radical (unpaired) electrons. The molecule has 0 aliphatic carbocycles. The molecular weight excluding hydrogens is 443 g/mol. The van der Waals surface area contributed by atoms with Gasteiger partial charge >= 0.3 is 0 Å². The molecule has 4 aromatic rings. The zero-order valence-corrected chi connectivity index (χ0v) is 19.9. The van der Waals surface area contributed by atoms with E-state index >= 15 is 0 Å². The number of rotatable bonds is 7. The minimum Gasteiger partial charge on any atom is -0.343 e. The van der Waals surface area contributed by atoms with Crippen LogP contribution in [0.5, 0.6) is 0 Å². The molecule has 2 aromatic carbocycles. The van der Waals surface area contributed by atoms with Gasteiger partial charge in [0.15, 0.2) is 0 Å². The van der Waals surface area contributed by atoms with Crippen molar-refractivity contribution in [1.29, 1.82) is 0 Å². The van der Waals surface area contributed by atoms with Crippen LogP contribution in [0.3, 0.4) is 0 Å². The SMILES string of the molecule is [CH2-]CCc1ccc(Cc2cccc(Cc3nccc(-c4cccnc4)n3)c2)cc1.[Y]. The van der Waals surface area contributed by atoms with Crippen LogP contribution < -0.4 is 0 Å². The number of pyridine rings is 1. The Morgan fingerprint density at radius 1 is 0.733 bits per heavy atom. The van der Waals surface area contributed by atoms with Gasteiger partial charge in [-0.05, 0) is 41.3 Å². The fraction of sp³-hybridized carbons (Fsp3) is 0.154. The van der Waals surface area contributed by atoms with E-state index in [-0.39, 0.29) is 32.7 Å². The van der Waals surface area contributed by atoms with Crippen molar-refractivity contribution < 1.29 is 32.7 Å². The molecule has 0 atom stereocenters. The molecule has 2 aromatic heterocycles. The van der Waals surface area contributed by atoms with Crippen molar-refractivity contribution in [2.75, 3.05) is 0 Å². The predicted octanol–water partition coefficient (Wildman–Crippen LogP) is 5.48. The summed E-state index contributed by atoms with van der Waals surface area (Å²) in [5, 5.41) is 0. The molecule has 147 valence electrons. The number of benzene rings is 2. The van der Waals surface area contributed by atoms with Crippen LogP contribution in [0.4, 0.5) is 0 Å². The third-order valence-corrected chi connectivity index (χ3v) is 4.91. The van der Waals surface area contributed by atoms with Crippen LogP contribution in [0.25, 0.3) is 11.3 Å². The van der Waals surface area contributed by atoms with Crippen LogP contribution in [-0.2, 0) is 52.0 Å². The van der Waals surface area contributed by atoms with Crippen LogP contribution in [0.1, 0.15) is 34.5 Å². The van der Waals surface area contributed by atoms with E-state index in [9.17, 15) is 0 Å². The third-order valence-electron chi connectivity index (χ3n) is 4.91. The molecular formula is C26H24N3Y-. The van der Waals surface area contributed by atoms with E-state index in [1.807, 2.05) is 30.6 Å². The Balaban J connectivity index is 0.00000256. The van der Waals surface area contributed by atoms with Crippen molar-refractivity contribution in [1.82, 2.24) is 15.0 Å². The molecule has 0 fully saturated rings. The van der Waals surface area contributed by atoms with Crippen molar-refractivity contribution in [2.24, 2.45) is 0 Å². The molecule has 0 amide bonds. The number of aryl methyl sites for hydroxylation is 1. The molecule has 0 saturated carbocycles. The van der Waals surface area contributed by atoms with Crippen molar-refractivity contribution in [2.45, 2.75) is 25.7 Å². The monoisotopic (exact) mass is 467 g/mol. The Hall–Kier alpha value is -2.23. The van der Waals surface area contributed by atoms with Crippen LogP contribution >= 0.6 is 0 Å². The first-order valence-corrected chi connectivity index (χ1v) is 9.97. The zero-order valence-electron chi connectivity index (χ0n) is 17.0. The van der Waals surface area contributed by atoms with Gasteiger partial charge in [0.25, 0.3) is 0 Å². The molecule has 0 aliphatic rings. The van der Waals surface area contributed by atoms with Crippen LogP contribution in [0.2, 0.25) is 0 Å². The minimum atomic E-state index is 0. The summed E-state index contributed by atoms with van der Waals surface area (Å²) in [6.07, 6.45) is 9.03. The van der Waals surface area contributed by atoms with Crippen LogP contribution in [0.15, 0.2) is 85.3 Å². The summed E-state index contributed by atoms with van der Waals surface area (Å²) in [4.78, 5) is 13.4. The molecule has 4 heteroatoms. The molecule has 3 nitrogen and oxygen atoms in total. The molecule has 0 aliphatic heterocycles. The molecule has 0 N–H and O–H groups in total. The van der Waals surface area contributed by atoms with Gasteiger partial charge in [-0.15, -0.1) is 0 Å². The van der Waals surface area contributed by atoms with Crippen LogP contribution in [-0.4, -0.2) is 15.0 Å². The maximum atomic E-state index is 4.72. The van der Waals surface area contributed by atoms with Gasteiger partial charge in [0, 0.05) is 63.3 Å². The fourth-order valence-electron chi connectivity index (χ4n) is 3.46. The zero-order chi connectivity index (χ0) is 19.9. The largest absolute Gasteiger partial charge is 0.343 e. The first-order valence-electron chi connectivity index (χ1n) is 9.97. The van der Waals surface area contributed by atoms with Gasteiger partial charge < -0.3 is 6.92 Å². The van der Waals surface area contributed by atoms with E-state index in [0.717, 1.165) is 36.3 Å². The van der Waals surface area contributed by atoms with Gasteiger partial charge in [0.1, 0.15) is 5.82 Å². The van der Waals surface area contributed by atoms with Gasteiger partial charge in [0.2, 0.25) is 0 Å². The van der Waals surface area contributed by atoms with E-state index < -0.39 is 0 Å². The maximum Gasteiger partial charge on any atom is 0.133 e. The van der Waals surface area contributed by atoms with Crippen molar-refractivity contribution in [3.8, 4) is 11.3 Å². The van der Waals surface area contributed by atoms with E-state index in [0.29, 0.717) is 6.42 Å². The number of nitrogens with zero attached hydrogens (tertiary/aromatic N) is 3. The summed E-state index contributed by atoms with van der Waals surface area (Å²) in [6, 6.07) is 23.4. The summed E-state index contributed by atoms with van der Waals surface area (Å²) in [5.41, 5.74) is 7.11. The quantitative estimate of drug-likeness (QED) is 0.338. The Kier molecular flexibility index (Phi) is 8.42. The molecule has 2 heterocycles. The first-order chi connectivity index (χ1) is 14.3. The van der Waals surface area contributed by atoms with Gasteiger partial charge in [-0.1, -0.05) is 60.5 Å². The number of hydrogen-bond donors (Lipinski definition) is 0. The third kappa shape index (κ3) is 6.14. The van der Waals surface area contributed by atoms with E-state index in [1.165, 1.54) is 22.3 Å². The Bertz CT molecular complexity index is 1060. The maximum absolute atomic E-state index is 4.72. The summed E-state index contributed by atoms with van der Waals surface area (Å²) >= 11 is 0. The second kappa shape index (κ2) is 11.2. The smallest absolute Gasteiger partial charge is 0.133 e. The van der Waals surface area contributed by atoms with Gasteiger partial charge in [-0.3, -0.25) is 4.98 Å². The molecule has 4 rings (SSSR count). The average molecular weight is 467 g/mol. The summed E-state index contributed by atoms with van der Waals surface area (Å²) in [5.74, 6) is 0.820. The van der Waals surface area contributed by atoms with E-state index in [1.54, 1.807) is 6.20 Å². The molecule has 0 bridgehead atoms. The van der Waals surface area contributed by atoms with E-state index in [2.05, 4.69) is 65.4 Å². The minimum absolute atomic E-state index is 0. The number of aromatic nitrogens is 3. The number of hydrogen-bond acceptors (Lipinski definition) is 3. The molecule has 0 saturated heterocycles. The van der Waals surface area contributed by atoms with Crippen molar-refractivity contribution in [3.05, 3.63) is 120 Å². The topological polar surface area (TPSA) is 38.7 Å². The Labute approximate surface area is 203 Å². The van der Waals surface area contributed by atoms with E-state index in [4.69, 9.17) is 4.98 Å². The van der Waals surface area contributed by atoms with Gasteiger partial charge in [-0.25, -0.2) is 9.97 Å².